The molecule has 3 amide bonds. The molecule has 0 radical (unpaired) electrons. The van der Waals surface area contributed by atoms with Crippen molar-refractivity contribution < 1.29 is 23.9 Å². The molecule has 1 saturated heterocycles. The third kappa shape index (κ3) is 5.67. The molecule has 1 heterocycles. The predicted molar refractivity (Wildman–Crippen MR) is 132 cm³/mol. The number of ether oxygens (including phenoxy) is 2. The van der Waals surface area contributed by atoms with Crippen LogP contribution < -0.4 is 14.8 Å². The van der Waals surface area contributed by atoms with E-state index in [-0.39, 0.29) is 4.91 Å². The Morgan fingerprint density at radius 3 is 2.59 bits per heavy atom. The van der Waals surface area contributed by atoms with E-state index in [2.05, 4.69) is 37.2 Å². The molecule has 1 N–H and O–H groups in total. The van der Waals surface area contributed by atoms with Gasteiger partial charge in [-0.15, -0.1) is 0 Å². The fraction of sp³-hybridized carbons (Fsp3) is 0.190. The Kier molecular flexibility index (Phi) is 8.26. The lowest BCUT2D eigenvalue weighted by atomic mass is 10.2. The van der Waals surface area contributed by atoms with E-state index in [1.165, 1.54) is 7.11 Å². The summed E-state index contributed by atoms with van der Waals surface area (Å²) in [5.74, 6) is -0.0236. The largest absolute Gasteiger partial charge is 0.493 e. The molecule has 0 unspecified atom stereocenters. The summed E-state index contributed by atoms with van der Waals surface area (Å²) in [7, 11) is 1.51. The summed E-state index contributed by atoms with van der Waals surface area (Å²) in [6, 6.07) is 8.33. The van der Waals surface area contributed by atoms with Gasteiger partial charge in [0.05, 0.1) is 23.6 Å². The first kappa shape index (κ1) is 24.6. The number of benzene rings is 2. The molecule has 1 aliphatic heterocycles. The van der Waals surface area contributed by atoms with E-state index < -0.39 is 23.6 Å². The normalized spacial score (nSPS) is 14.8. The van der Waals surface area contributed by atoms with Crippen molar-refractivity contribution in [3.8, 4) is 11.5 Å². The monoisotopic (exact) mass is 602 g/mol. The van der Waals surface area contributed by atoms with Gasteiger partial charge in [-0.2, -0.15) is 0 Å². The van der Waals surface area contributed by atoms with Gasteiger partial charge in [-0.05, 0) is 76.6 Å². The molecule has 1 aliphatic rings. The van der Waals surface area contributed by atoms with Gasteiger partial charge in [0, 0.05) is 14.6 Å². The fourth-order valence-corrected chi connectivity index (χ4v) is 4.48. The van der Waals surface area contributed by atoms with Crippen molar-refractivity contribution in [2.24, 2.45) is 0 Å². The van der Waals surface area contributed by atoms with E-state index in [0.29, 0.717) is 43.3 Å². The Morgan fingerprint density at radius 2 is 1.94 bits per heavy atom. The number of nitrogens with zero attached hydrogens (tertiary/aromatic N) is 1. The molecule has 2 aromatic rings. The Bertz CT molecular complexity index is 1130. The first-order valence-electron chi connectivity index (χ1n) is 9.24. The minimum absolute atomic E-state index is 0.196. The zero-order valence-corrected chi connectivity index (χ0v) is 21.7. The summed E-state index contributed by atoms with van der Waals surface area (Å²) >= 11 is 13.5. The number of carbonyl (C=O) groups excluding carboxylic acids is 3. The van der Waals surface area contributed by atoms with Crippen LogP contribution >= 0.6 is 55.2 Å². The lowest BCUT2D eigenvalue weighted by Crippen LogP contribution is -2.36. The highest BCUT2D eigenvalue weighted by atomic mass is 79.9. The standard InChI is InChI=1S/C21H17Br2ClN2O5S/c1-3-31-17-9-14(23)11(6-16(17)30-2)7-18-20(28)26(21(29)32-18)10-19(27)25-12-4-5-13(22)15(24)8-12/h4-9H,3,10H2,1-2H3,(H,25,27)/b18-7-. The van der Waals surface area contributed by atoms with Crippen molar-refractivity contribution in [2.45, 2.75) is 6.92 Å². The molecule has 0 aromatic heterocycles. The number of hydrogen-bond acceptors (Lipinski definition) is 6. The maximum atomic E-state index is 12.8. The number of halogens is 3. The molecular weight excluding hydrogens is 588 g/mol. The number of carbonyl (C=O) groups is 3. The smallest absolute Gasteiger partial charge is 0.294 e. The number of rotatable bonds is 7. The Hall–Kier alpha value is -2.01. The minimum Gasteiger partial charge on any atom is -0.493 e. The van der Waals surface area contributed by atoms with Crippen LogP contribution in [0.2, 0.25) is 5.02 Å². The zero-order valence-electron chi connectivity index (χ0n) is 16.9. The minimum atomic E-state index is -0.552. The molecule has 0 atom stereocenters. The van der Waals surface area contributed by atoms with Gasteiger partial charge in [-0.25, -0.2) is 0 Å². The highest BCUT2D eigenvalue weighted by Crippen LogP contribution is 2.38. The average Bonchev–Trinajstić information content (AvgIpc) is 3.00. The average molecular weight is 605 g/mol. The molecule has 2 aromatic carbocycles. The van der Waals surface area contributed by atoms with Gasteiger partial charge in [0.1, 0.15) is 6.54 Å². The molecule has 7 nitrogen and oxygen atoms in total. The number of imide groups is 1. The van der Waals surface area contributed by atoms with Crippen LogP contribution in [0.4, 0.5) is 10.5 Å². The van der Waals surface area contributed by atoms with Crippen molar-refractivity contribution in [3.05, 3.63) is 54.8 Å². The van der Waals surface area contributed by atoms with Gasteiger partial charge in [-0.3, -0.25) is 19.3 Å². The molecule has 0 bridgehead atoms. The molecule has 0 aliphatic carbocycles. The number of amides is 3. The van der Waals surface area contributed by atoms with Crippen LogP contribution in [-0.2, 0) is 9.59 Å². The Balaban J connectivity index is 1.76. The van der Waals surface area contributed by atoms with Crippen molar-refractivity contribution in [1.82, 2.24) is 4.90 Å². The van der Waals surface area contributed by atoms with E-state index >= 15 is 0 Å². The lowest BCUT2D eigenvalue weighted by molar-refractivity contribution is -0.127. The number of anilines is 1. The summed E-state index contributed by atoms with van der Waals surface area (Å²) in [6.07, 6.45) is 1.57. The van der Waals surface area contributed by atoms with Crippen LogP contribution in [0.15, 0.2) is 44.2 Å². The van der Waals surface area contributed by atoms with Crippen LogP contribution in [0, 0.1) is 0 Å². The fourth-order valence-electron chi connectivity index (χ4n) is 2.78. The number of hydrogen-bond donors (Lipinski definition) is 1. The zero-order chi connectivity index (χ0) is 23.4. The van der Waals surface area contributed by atoms with Gasteiger partial charge < -0.3 is 14.8 Å². The molecule has 0 spiro atoms. The van der Waals surface area contributed by atoms with E-state index in [4.69, 9.17) is 21.1 Å². The summed E-state index contributed by atoms with van der Waals surface area (Å²) in [4.78, 5) is 38.6. The topological polar surface area (TPSA) is 84.9 Å². The number of methoxy groups -OCH3 is 1. The van der Waals surface area contributed by atoms with Crippen molar-refractivity contribution >= 4 is 84.0 Å². The molecule has 3 rings (SSSR count). The predicted octanol–water partition coefficient (Wildman–Crippen LogP) is 5.95. The van der Waals surface area contributed by atoms with E-state index in [1.54, 1.807) is 36.4 Å². The second kappa shape index (κ2) is 10.7. The molecule has 11 heteroatoms. The van der Waals surface area contributed by atoms with E-state index in [9.17, 15) is 14.4 Å². The lowest BCUT2D eigenvalue weighted by Gasteiger charge is -2.13. The third-order valence-corrected chi connectivity index (χ3v) is 7.07. The highest BCUT2D eigenvalue weighted by Gasteiger charge is 2.36. The SMILES string of the molecule is CCOc1cc(Br)c(/C=C2\SC(=O)N(CC(=O)Nc3ccc(Br)c(Cl)c3)C2=O)cc1OC. The van der Waals surface area contributed by atoms with Crippen molar-refractivity contribution in [3.63, 3.8) is 0 Å². The summed E-state index contributed by atoms with van der Waals surface area (Å²) < 4.78 is 12.2. The van der Waals surface area contributed by atoms with Crippen molar-refractivity contribution in [2.75, 3.05) is 25.6 Å². The van der Waals surface area contributed by atoms with Crippen LogP contribution in [0.25, 0.3) is 6.08 Å². The van der Waals surface area contributed by atoms with Gasteiger partial charge in [0.15, 0.2) is 11.5 Å². The van der Waals surface area contributed by atoms with Crippen LogP contribution in [0.3, 0.4) is 0 Å². The highest BCUT2D eigenvalue weighted by molar-refractivity contribution is 9.10. The second-order valence-electron chi connectivity index (χ2n) is 6.40. The molecule has 0 saturated carbocycles. The molecular formula is C21H17Br2ClN2O5S. The van der Waals surface area contributed by atoms with Gasteiger partial charge in [0.2, 0.25) is 5.91 Å². The Labute approximate surface area is 210 Å². The number of nitrogens with one attached hydrogen (secondary N) is 1. The second-order valence-corrected chi connectivity index (χ2v) is 9.51. The van der Waals surface area contributed by atoms with Crippen molar-refractivity contribution in [1.29, 1.82) is 0 Å². The van der Waals surface area contributed by atoms with Gasteiger partial charge in [-0.1, -0.05) is 27.5 Å². The summed E-state index contributed by atoms with van der Waals surface area (Å²) in [6.45, 7) is 1.91. The van der Waals surface area contributed by atoms with Gasteiger partial charge in [0.25, 0.3) is 11.1 Å². The maximum Gasteiger partial charge on any atom is 0.294 e. The van der Waals surface area contributed by atoms with Crippen LogP contribution in [0.1, 0.15) is 12.5 Å². The summed E-state index contributed by atoms with van der Waals surface area (Å²) in [5, 5.41) is 2.52. The van der Waals surface area contributed by atoms with E-state index in [0.717, 1.165) is 16.7 Å². The van der Waals surface area contributed by atoms with Gasteiger partial charge >= 0.3 is 0 Å². The quantitative estimate of drug-likeness (QED) is 0.394. The maximum absolute atomic E-state index is 12.8. The molecule has 1 fully saturated rings. The van der Waals surface area contributed by atoms with E-state index in [1.807, 2.05) is 6.92 Å². The molecule has 168 valence electrons. The van der Waals surface area contributed by atoms with Crippen LogP contribution in [0.5, 0.6) is 11.5 Å². The molecule has 32 heavy (non-hydrogen) atoms. The first-order valence-corrected chi connectivity index (χ1v) is 12.0. The first-order chi connectivity index (χ1) is 15.2. The van der Waals surface area contributed by atoms with Crippen LogP contribution in [-0.4, -0.2) is 42.2 Å². The number of thioether (sulfide) groups is 1. The Morgan fingerprint density at radius 1 is 1.19 bits per heavy atom. The summed E-state index contributed by atoms with van der Waals surface area (Å²) in [5.41, 5.74) is 1.08. The third-order valence-electron chi connectivity index (χ3n) is 4.25.